The van der Waals surface area contributed by atoms with Crippen molar-refractivity contribution >= 4 is 45.9 Å². The van der Waals surface area contributed by atoms with Crippen molar-refractivity contribution in [3.05, 3.63) is 68.5 Å². The van der Waals surface area contributed by atoms with Crippen molar-refractivity contribution in [2.75, 3.05) is 0 Å². The second kappa shape index (κ2) is 6.24. The average molecular weight is 353 g/mol. The number of phenolic OH excluding ortho intramolecular Hbond substituents is 1. The first-order chi connectivity index (χ1) is 10.5. The Bertz CT molecular complexity index is 906. The lowest BCUT2D eigenvalue weighted by atomic mass is 10.1. The molecule has 0 aliphatic carbocycles. The van der Waals surface area contributed by atoms with E-state index in [2.05, 4.69) is 0 Å². The van der Waals surface area contributed by atoms with E-state index in [1.807, 2.05) is 18.2 Å². The van der Waals surface area contributed by atoms with Crippen LogP contribution in [0.1, 0.15) is 5.56 Å². The van der Waals surface area contributed by atoms with Gasteiger partial charge in [-0.25, -0.2) is 4.79 Å². The summed E-state index contributed by atoms with van der Waals surface area (Å²) >= 11 is 13.5. The summed E-state index contributed by atoms with van der Waals surface area (Å²) in [5, 5.41) is 11.2. The fraction of sp³-hybridized carbons (Fsp3) is 0.0625. The molecule has 0 bridgehead atoms. The maximum atomic E-state index is 11.7. The largest absolute Gasteiger partial charge is 0.506 e. The second-order valence-corrected chi connectivity index (χ2v) is 6.53. The highest BCUT2D eigenvalue weighted by Crippen LogP contribution is 2.32. The summed E-state index contributed by atoms with van der Waals surface area (Å²) in [5.41, 5.74) is 0.644. The molecule has 6 heteroatoms. The third-order valence-corrected chi connectivity index (χ3v) is 4.67. The van der Waals surface area contributed by atoms with Gasteiger partial charge in [-0.1, -0.05) is 29.3 Å². The van der Waals surface area contributed by atoms with Gasteiger partial charge in [0.2, 0.25) is 0 Å². The zero-order valence-corrected chi connectivity index (χ0v) is 13.5. The van der Waals surface area contributed by atoms with Crippen LogP contribution in [0.4, 0.5) is 0 Å². The summed E-state index contributed by atoms with van der Waals surface area (Å²) in [5.74, 6) is 0.445. The lowest BCUT2D eigenvalue weighted by Gasteiger charge is -2.07. The van der Waals surface area contributed by atoms with Crippen molar-refractivity contribution < 1.29 is 9.52 Å². The molecule has 0 saturated heterocycles. The van der Waals surface area contributed by atoms with Crippen molar-refractivity contribution in [2.45, 2.75) is 10.6 Å². The van der Waals surface area contributed by atoms with Gasteiger partial charge in [-0.2, -0.15) is 0 Å². The Morgan fingerprint density at radius 2 is 1.95 bits per heavy atom. The van der Waals surface area contributed by atoms with Crippen LogP contribution in [-0.2, 0) is 5.75 Å². The third kappa shape index (κ3) is 3.24. The first-order valence-electron chi connectivity index (χ1n) is 6.36. The molecular formula is C16H10Cl2O3S. The fourth-order valence-corrected chi connectivity index (χ4v) is 3.44. The van der Waals surface area contributed by atoms with E-state index in [9.17, 15) is 9.90 Å². The molecule has 0 aliphatic rings. The van der Waals surface area contributed by atoms with Crippen LogP contribution in [0.2, 0.25) is 10.0 Å². The number of phenols is 1. The van der Waals surface area contributed by atoms with Gasteiger partial charge in [-0.3, -0.25) is 0 Å². The van der Waals surface area contributed by atoms with E-state index in [1.165, 1.54) is 12.1 Å². The van der Waals surface area contributed by atoms with E-state index < -0.39 is 5.63 Å². The van der Waals surface area contributed by atoms with E-state index in [4.69, 9.17) is 27.6 Å². The summed E-state index contributed by atoms with van der Waals surface area (Å²) in [6.07, 6.45) is 0. The van der Waals surface area contributed by atoms with Gasteiger partial charge >= 0.3 is 5.63 Å². The fourth-order valence-electron chi connectivity index (χ4n) is 2.07. The average Bonchev–Trinajstić information content (AvgIpc) is 2.47. The summed E-state index contributed by atoms with van der Waals surface area (Å²) in [6, 6.07) is 11.9. The number of benzene rings is 2. The van der Waals surface area contributed by atoms with Crippen LogP contribution in [0.15, 0.2) is 56.6 Å². The van der Waals surface area contributed by atoms with Crippen molar-refractivity contribution in [1.29, 1.82) is 0 Å². The summed E-state index contributed by atoms with van der Waals surface area (Å²) < 4.78 is 5.10. The molecule has 0 spiro atoms. The number of hydrogen-bond donors (Lipinski definition) is 1. The predicted molar refractivity (Wildman–Crippen MR) is 90.2 cm³/mol. The molecular weight excluding hydrogens is 343 g/mol. The molecule has 22 heavy (non-hydrogen) atoms. The zero-order chi connectivity index (χ0) is 15.7. The van der Waals surface area contributed by atoms with E-state index in [-0.39, 0.29) is 10.8 Å². The Morgan fingerprint density at radius 3 is 2.73 bits per heavy atom. The first kappa shape index (κ1) is 15.3. The van der Waals surface area contributed by atoms with E-state index >= 15 is 0 Å². The summed E-state index contributed by atoms with van der Waals surface area (Å²) in [7, 11) is 0. The molecule has 2 aromatic carbocycles. The monoisotopic (exact) mass is 352 g/mol. The maximum absolute atomic E-state index is 11.7. The van der Waals surface area contributed by atoms with E-state index in [0.29, 0.717) is 21.7 Å². The molecule has 3 aromatic rings. The van der Waals surface area contributed by atoms with Gasteiger partial charge in [0.15, 0.2) is 0 Å². The second-order valence-electron chi connectivity index (χ2n) is 4.64. The number of halogens is 2. The predicted octanol–water partition coefficient (Wildman–Crippen LogP) is 5.10. The lowest BCUT2D eigenvalue weighted by molar-refractivity contribution is 0.473. The number of aromatic hydroxyl groups is 1. The molecule has 0 unspecified atom stereocenters. The Kier molecular flexibility index (Phi) is 4.34. The molecule has 112 valence electrons. The highest BCUT2D eigenvalue weighted by molar-refractivity contribution is 7.98. The summed E-state index contributed by atoms with van der Waals surface area (Å²) in [6.45, 7) is 0. The molecule has 0 aliphatic heterocycles. The normalized spacial score (nSPS) is 11.0. The third-order valence-electron chi connectivity index (χ3n) is 3.09. The lowest BCUT2D eigenvalue weighted by Crippen LogP contribution is -1.99. The van der Waals surface area contributed by atoms with Gasteiger partial charge in [0.05, 0.1) is 5.02 Å². The molecule has 0 fully saturated rings. The Morgan fingerprint density at radius 1 is 1.14 bits per heavy atom. The van der Waals surface area contributed by atoms with Gasteiger partial charge in [0, 0.05) is 33.2 Å². The van der Waals surface area contributed by atoms with Crippen molar-refractivity contribution in [1.82, 2.24) is 0 Å². The van der Waals surface area contributed by atoms with Gasteiger partial charge in [0.1, 0.15) is 11.3 Å². The minimum Gasteiger partial charge on any atom is -0.506 e. The van der Waals surface area contributed by atoms with Gasteiger partial charge in [0.25, 0.3) is 0 Å². The van der Waals surface area contributed by atoms with Crippen LogP contribution in [0.5, 0.6) is 5.75 Å². The van der Waals surface area contributed by atoms with Crippen molar-refractivity contribution in [3.63, 3.8) is 0 Å². The Hall–Kier alpha value is -1.62. The maximum Gasteiger partial charge on any atom is 0.336 e. The van der Waals surface area contributed by atoms with E-state index in [1.54, 1.807) is 23.9 Å². The van der Waals surface area contributed by atoms with Crippen LogP contribution < -0.4 is 5.63 Å². The van der Waals surface area contributed by atoms with Crippen LogP contribution in [0.25, 0.3) is 11.0 Å². The molecule has 3 rings (SSSR count). The number of hydrogen-bond acceptors (Lipinski definition) is 4. The molecule has 1 N–H and O–H groups in total. The first-order valence-corrected chi connectivity index (χ1v) is 8.11. The Labute approximate surface area is 140 Å². The minimum atomic E-state index is -0.462. The van der Waals surface area contributed by atoms with Crippen LogP contribution in [0, 0.1) is 0 Å². The van der Waals surface area contributed by atoms with Crippen molar-refractivity contribution in [3.8, 4) is 5.75 Å². The van der Waals surface area contributed by atoms with E-state index in [0.717, 1.165) is 10.5 Å². The highest BCUT2D eigenvalue weighted by atomic mass is 35.5. The molecule has 3 nitrogen and oxygen atoms in total. The van der Waals surface area contributed by atoms with Crippen LogP contribution in [0.3, 0.4) is 0 Å². The SMILES string of the molecule is O=c1cc(CSc2cccc(Cl)c2)c2cc(Cl)c(O)cc2o1. The smallest absolute Gasteiger partial charge is 0.336 e. The van der Waals surface area contributed by atoms with Crippen molar-refractivity contribution in [2.24, 2.45) is 0 Å². The minimum absolute atomic E-state index is 0.114. The molecule has 0 amide bonds. The Balaban J connectivity index is 1.99. The highest BCUT2D eigenvalue weighted by Gasteiger charge is 2.10. The zero-order valence-electron chi connectivity index (χ0n) is 11.2. The topological polar surface area (TPSA) is 50.4 Å². The standard InChI is InChI=1S/C16H10Cl2O3S/c17-10-2-1-3-11(5-10)22-8-9-4-16(20)21-15-7-14(19)13(18)6-12(9)15/h1-7,19H,8H2. The molecule has 0 saturated carbocycles. The quantitative estimate of drug-likeness (QED) is 0.526. The molecule has 0 atom stereocenters. The van der Waals surface area contributed by atoms with Gasteiger partial charge < -0.3 is 9.52 Å². The number of rotatable bonds is 3. The number of thioether (sulfide) groups is 1. The van der Waals surface area contributed by atoms with Gasteiger partial charge in [-0.15, -0.1) is 11.8 Å². The molecule has 1 aromatic heterocycles. The van der Waals surface area contributed by atoms with Crippen LogP contribution >= 0.6 is 35.0 Å². The van der Waals surface area contributed by atoms with Gasteiger partial charge in [-0.05, 0) is 29.8 Å². The summed E-state index contributed by atoms with van der Waals surface area (Å²) in [4.78, 5) is 12.7. The molecule has 0 radical (unpaired) electrons. The van der Waals surface area contributed by atoms with Crippen LogP contribution in [-0.4, -0.2) is 5.11 Å². The number of fused-ring (bicyclic) bond motifs is 1. The molecule has 1 heterocycles.